The van der Waals surface area contributed by atoms with Gasteiger partial charge in [0.05, 0.1) is 13.2 Å². The molecule has 4 nitrogen and oxygen atoms in total. The van der Waals surface area contributed by atoms with Crippen LogP contribution in [-0.4, -0.2) is 36.3 Å². The molecule has 4 heteroatoms. The highest BCUT2D eigenvalue weighted by Crippen LogP contribution is 2.28. The van der Waals surface area contributed by atoms with Gasteiger partial charge in [0.25, 0.3) is 5.91 Å². The van der Waals surface area contributed by atoms with Crippen LogP contribution in [0.2, 0.25) is 0 Å². The molecule has 1 aliphatic carbocycles. The summed E-state index contributed by atoms with van der Waals surface area (Å²) in [5, 5.41) is 10.5. The summed E-state index contributed by atoms with van der Waals surface area (Å²) in [5.41, 5.74) is 0. The largest absolute Gasteiger partial charge is 0.393 e. The maximum atomic E-state index is 11.3. The van der Waals surface area contributed by atoms with Gasteiger partial charge in [-0.25, -0.2) is 5.06 Å². The molecule has 1 N–H and O–H groups in total. The highest BCUT2D eigenvalue weighted by Gasteiger charge is 2.21. The number of carbonyl (C=O) groups excluding carboxylic acids is 1. The average molecular weight is 213 g/mol. The lowest BCUT2D eigenvalue weighted by Gasteiger charge is -2.10. The number of rotatable bonds is 4. The van der Waals surface area contributed by atoms with Gasteiger partial charge in [0.2, 0.25) is 0 Å². The molecule has 1 rings (SSSR count). The summed E-state index contributed by atoms with van der Waals surface area (Å²) >= 11 is 0. The fraction of sp³-hybridized carbons (Fsp3) is 0.727. The van der Waals surface area contributed by atoms with Crippen LogP contribution < -0.4 is 0 Å². The Balaban J connectivity index is 2.24. The number of amides is 1. The maximum absolute atomic E-state index is 11.3. The second-order valence-corrected chi connectivity index (χ2v) is 3.99. The zero-order chi connectivity index (χ0) is 11.3. The third kappa shape index (κ3) is 4.01. The highest BCUT2D eigenvalue weighted by molar-refractivity contribution is 5.86. The lowest BCUT2D eigenvalue weighted by atomic mass is 10.0. The van der Waals surface area contributed by atoms with E-state index in [1.165, 1.54) is 18.2 Å². The molecule has 0 radical (unpaired) electrons. The third-order valence-corrected chi connectivity index (χ3v) is 2.83. The summed E-state index contributed by atoms with van der Waals surface area (Å²) in [4.78, 5) is 16.0. The van der Waals surface area contributed by atoms with Gasteiger partial charge in [0, 0.05) is 13.1 Å². The molecule has 1 amide bonds. The summed E-state index contributed by atoms with van der Waals surface area (Å²) in [7, 11) is 3.03. The van der Waals surface area contributed by atoms with Crippen molar-refractivity contribution in [3.05, 3.63) is 12.2 Å². The van der Waals surface area contributed by atoms with Crippen molar-refractivity contribution in [2.24, 2.45) is 5.92 Å². The molecule has 0 spiro atoms. The van der Waals surface area contributed by atoms with E-state index in [-0.39, 0.29) is 12.0 Å². The number of likely N-dealkylation sites (N-methyl/N-ethyl adjacent to an activating group) is 1. The van der Waals surface area contributed by atoms with E-state index in [4.69, 9.17) is 4.84 Å². The molecule has 0 aliphatic heterocycles. The van der Waals surface area contributed by atoms with Crippen LogP contribution in [0.15, 0.2) is 12.2 Å². The number of hydrogen-bond donors (Lipinski definition) is 1. The summed E-state index contributed by atoms with van der Waals surface area (Å²) in [6.45, 7) is 0. The number of aliphatic hydroxyl groups excluding tert-OH is 1. The molecular formula is C11H19NO3. The predicted molar refractivity (Wildman–Crippen MR) is 56.9 cm³/mol. The first kappa shape index (κ1) is 12.2. The van der Waals surface area contributed by atoms with E-state index >= 15 is 0 Å². The highest BCUT2D eigenvalue weighted by atomic mass is 16.7. The molecule has 1 aliphatic rings. The van der Waals surface area contributed by atoms with Crippen molar-refractivity contribution in [1.82, 2.24) is 5.06 Å². The normalized spacial score (nSPS) is 26.1. The Morgan fingerprint density at radius 1 is 1.60 bits per heavy atom. The van der Waals surface area contributed by atoms with Crippen molar-refractivity contribution in [2.45, 2.75) is 31.8 Å². The van der Waals surface area contributed by atoms with Gasteiger partial charge in [-0.15, -0.1) is 0 Å². The van der Waals surface area contributed by atoms with Crippen LogP contribution in [0.5, 0.6) is 0 Å². The first-order valence-electron chi connectivity index (χ1n) is 5.30. The van der Waals surface area contributed by atoms with Crippen LogP contribution in [0.3, 0.4) is 0 Å². The van der Waals surface area contributed by atoms with Gasteiger partial charge in [-0.3, -0.25) is 9.63 Å². The van der Waals surface area contributed by atoms with Gasteiger partial charge >= 0.3 is 0 Å². The summed E-state index contributed by atoms with van der Waals surface area (Å²) in [5.74, 6) is 0.368. The molecule has 86 valence electrons. The number of carbonyl (C=O) groups is 1. The molecule has 15 heavy (non-hydrogen) atoms. The second-order valence-electron chi connectivity index (χ2n) is 3.99. The smallest absolute Gasteiger partial charge is 0.269 e. The van der Waals surface area contributed by atoms with Gasteiger partial charge < -0.3 is 5.11 Å². The number of allylic oxidation sites excluding steroid dienone is 1. The van der Waals surface area contributed by atoms with E-state index in [0.29, 0.717) is 5.92 Å². The summed E-state index contributed by atoms with van der Waals surface area (Å²) < 4.78 is 0. The predicted octanol–water partition coefficient (Wildman–Crippen LogP) is 1.11. The minimum absolute atomic E-state index is 0.138. The molecule has 0 aromatic heterocycles. The lowest BCUT2D eigenvalue weighted by Crippen LogP contribution is -2.23. The maximum Gasteiger partial charge on any atom is 0.269 e. The zero-order valence-corrected chi connectivity index (χ0v) is 9.35. The third-order valence-electron chi connectivity index (χ3n) is 2.83. The molecule has 2 atom stereocenters. The van der Waals surface area contributed by atoms with Gasteiger partial charge in [0.1, 0.15) is 0 Å². The Morgan fingerprint density at radius 2 is 2.33 bits per heavy atom. The Labute approximate surface area is 90.5 Å². The first-order chi connectivity index (χ1) is 7.13. The van der Waals surface area contributed by atoms with Crippen LogP contribution in [0.4, 0.5) is 0 Å². The molecule has 0 bridgehead atoms. The zero-order valence-electron chi connectivity index (χ0n) is 9.35. The van der Waals surface area contributed by atoms with Crippen LogP contribution in [0.25, 0.3) is 0 Å². The van der Waals surface area contributed by atoms with Crippen molar-refractivity contribution in [3.8, 4) is 0 Å². The van der Waals surface area contributed by atoms with Crippen molar-refractivity contribution >= 4 is 5.91 Å². The Bertz CT molecular complexity index is 240. The van der Waals surface area contributed by atoms with Gasteiger partial charge in [-0.1, -0.05) is 6.08 Å². The van der Waals surface area contributed by atoms with Crippen LogP contribution in [-0.2, 0) is 9.63 Å². The van der Waals surface area contributed by atoms with Crippen LogP contribution in [0, 0.1) is 5.92 Å². The molecular weight excluding hydrogens is 194 g/mol. The standard InChI is InChI=1S/C11H19NO3/c1-12(15-2)11(14)5-3-4-9-6-7-10(13)8-9/h3,5,9-10,13H,4,6-8H2,1-2H3/b5-3+/t9-,10+/m1/s1. The molecule has 1 fully saturated rings. The molecule has 0 aromatic carbocycles. The van der Waals surface area contributed by atoms with E-state index in [2.05, 4.69) is 0 Å². The Hall–Kier alpha value is -0.870. The van der Waals surface area contributed by atoms with Gasteiger partial charge in [-0.05, 0) is 31.6 Å². The van der Waals surface area contributed by atoms with E-state index in [1.54, 1.807) is 7.05 Å². The summed E-state index contributed by atoms with van der Waals surface area (Å²) in [6.07, 6.45) is 6.92. The van der Waals surface area contributed by atoms with Crippen molar-refractivity contribution < 1.29 is 14.7 Å². The Kier molecular flexibility index (Phi) is 4.78. The SMILES string of the molecule is CON(C)C(=O)/C=C/C[C@@H]1CC[C@H](O)C1. The monoisotopic (exact) mass is 213 g/mol. The van der Waals surface area contributed by atoms with Crippen LogP contribution in [0.1, 0.15) is 25.7 Å². The summed E-state index contributed by atoms with van der Waals surface area (Å²) in [6, 6.07) is 0. The number of aliphatic hydroxyl groups is 1. The van der Waals surface area contributed by atoms with E-state index in [0.717, 1.165) is 25.7 Å². The first-order valence-corrected chi connectivity index (χ1v) is 5.30. The topological polar surface area (TPSA) is 49.8 Å². The van der Waals surface area contributed by atoms with Gasteiger partial charge in [-0.2, -0.15) is 0 Å². The van der Waals surface area contributed by atoms with E-state index in [1.807, 2.05) is 6.08 Å². The van der Waals surface area contributed by atoms with E-state index < -0.39 is 0 Å². The fourth-order valence-corrected chi connectivity index (χ4v) is 1.82. The van der Waals surface area contributed by atoms with Crippen molar-refractivity contribution in [2.75, 3.05) is 14.2 Å². The lowest BCUT2D eigenvalue weighted by molar-refractivity contribution is -0.162. The minimum Gasteiger partial charge on any atom is -0.393 e. The molecule has 0 saturated heterocycles. The second kappa shape index (κ2) is 5.88. The molecule has 0 heterocycles. The minimum atomic E-state index is -0.156. The quantitative estimate of drug-likeness (QED) is 0.562. The molecule has 1 saturated carbocycles. The molecule has 0 unspecified atom stereocenters. The van der Waals surface area contributed by atoms with Crippen molar-refractivity contribution in [3.63, 3.8) is 0 Å². The molecule has 0 aromatic rings. The van der Waals surface area contributed by atoms with Crippen LogP contribution >= 0.6 is 0 Å². The average Bonchev–Trinajstić information content (AvgIpc) is 2.63. The number of hydrogen-bond acceptors (Lipinski definition) is 3. The number of hydroxylamine groups is 2. The Morgan fingerprint density at radius 3 is 2.87 bits per heavy atom. The van der Waals surface area contributed by atoms with E-state index in [9.17, 15) is 9.90 Å². The fourth-order valence-electron chi connectivity index (χ4n) is 1.82. The number of nitrogens with zero attached hydrogens (tertiary/aromatic N) is 1. The van der Waals surface area contributed by atoms with Gasteiger partial charge in [0.15, 0.2) is 0 Å². The van der Waals surface area contributed by atoms with Crippen molar-refractivity contribution in [1.29, 1.82) is 0 Å².